The number of benzene rings is 1. The van der Waals surface area contributed by atoms with Crippen LogP contribution < -0.4 is 0 Å². The average Bonchev–Trinajstić information content (AvgIpc) is 2.30. The van der Waals surface area contributed by atoms with Crippen molar-refractivity contribution in [2.75, 3.05) is 4.43 Å². The zero-order valence-corrected chi connectivity index (χ0v) is 11.2. The van der Waals surface area contributed by atoms with E-state index in [2.05, 4.69) is 53.8 Å². The second-order valence-corrected chi connectivity index (χ2v) is 5.12. The van der Waals surface area contributed by atoms with Crippen LogP contribution in [0.4, 0.5) is 0 Å². The van der Waals surface area contributed by atoms with Crippen molar-refractivity contribution in [3.63, 3.8) is 0 Å². The van der Waals surface area contributed by atoms with Gasteiger partial charge in [-0.2, -0.15) is 0 Å². The summed E-state index contributed by atoms with van der Waals surface area (Å²) < 4.78 is 7.17. The molecule has 2 rings (SSSR count). The number of rotatable bonds is 2. The van der Waals surface area contributed by atoms with Crippen LogP contribution in [0.25, 0.3) is 0 Å². The first-order chi connectivity index (χ1) is 7.29. The zero-order chi connectivity index (χ0) is 10.7. The molecule has 0 N–H and O–H groups in total. The summed E-state index contributed by atoms with van der Waals surface area (Å²) in [6, 6.07) is 8.75. The summed E-state index contributed by atoms with van der Waals surface area (Å²) in [4.78, 5) is 0. The first-order valence-corrected chi connectivity index (χ1v) is 7.10. The van der Waals surface area contributed by atoms with E-state index >= 15 is 0 Å². The minimum absolute atomic E-state index is 0.333. The minimum atomic E-state index is 0.333. The number of aryl methyl sites for hydroxylation is 1. The summed E-state index contributed by atoms with van der Waals surface area (Å²) in [7, 11) is 0. The molecule has 0 unspecified atom stereocenters. The van der Waals surface area contributed by atoms with Crippen molar-refractivity contribution in [2.45, 2.75) is 38.4 Å². The molecular weight excluding hydrogens is 299 g/mol. The van der Waals surface area contributed by atoms with Crippen molar-refractivity contribution in [1.29, 1.82) is 0 Å². The molecule has 1 aromatic rings. The van der Waals surface area contributed by atoms with Crippen molar-refractivity contribution in [3.05, 3.63) is 35.4 Å². The van der Waals surface area contributed by atoms with E-state index in [4.69, 9.17) is 4.74 Å². The molecule has 1 aliphatic heterocycles. The number of ether oxygens (including phenoxy) is 1. The Morgan fingerprint density at radius 1 is 1.27 bits per heavy atom. The van der Waals surface area contributed by atoms with Gasteiger partial charge in [0.2, 0.25) is 0 Å². The molecule has 1 nitrogen and oxygen atoms in total. The molecule has 1 aliphatic rings. The van der Waals surface area contributed by atoms with E-state index in [0.717, 1.165) is 4.43 Å². The molecule has 0 bridgehead atoms. The summed E-state index contributed by atoms with van der Waals surface area (Å²) in [6.07, 6.45) is 4.50. The van der Waals surface area contributed by atoms with Crippen molar-refractivity contribution >= 4 is 22.6 Å². The Morgan fingerprint density at radius 2 is 2.00 bits per heavy atom. The van der Waals surface area contributed by atoms with Gasteiger partial charge in [-0.25, -0.2) is 0 Å². The number of hydrogen-bond acceptors (Lipinski definition) is 1. The number of alkyl halides is 1. The van der Waals surface area contributed by atoms with E-state index in [0.29, 0.717) is 12.2 Å². The fourth-order valence-corrected chi connectivity index (χ4v) is 2.69. The fourth-order valence-electron chi connectivity index (χ4n) is 2.04. The molecule has 2 heteroatoms. The van der Waals surface area contributed by atoms with Crippen LogP contribution in [0.5, 0.6) is 0 Å². The molecule has 1 heterocycles. The van der Waals surface area contributed by atoms with Crippen LogP contribution in [0, 0.1) is 6.92 Å². The third-order valence-corrected chi connectivity index (χ3v) is 3.95. The molecule has 0 saturated carbocycles. The van der Waals surface area contributed by atoms with Crippen molar-refractivity contribution in [2.24, 2.45) is 0 Å². The fraction of sp³-hybridized carbons (Fsp3) is 0.538. The standard InChI is InChI=1S/C13H17IO/c1-10-5-7-11(8-6-10)13-4-2-3-12(9-14)15-13/h5-8,12-13H,2-4,9H2,1H3/t12-,13+/m1/s1. The maximum Gasteiger partial charge on any atom is 0.0829 e. The van der Waals surface area contributed by atoms with E-state index in [1.807, 2.05) is 0 Å². The Hall–Kier alpha value is -0.0900. The molecular formula is C13H17IO. The Balaban J connectivity index is 2.06. The Bertz CT molecular complexity index is 307. The predicted octanol–water partition coefficient (Wildman–Crippen LogP) is 4.04. The number of halogens is 1. The Kier molecular flexibility index (Phi) is 4.03. The summed E-state index contributed by atoms with van der Waals surface area (Å²) in [5.74, 6) is 0. The lowest BCUT2D eigenvalue weighted by molar-refractivity contribution is -0.0375. The zero-order valence-electron chi connectivity index (χ0n) is 9.08. The van der Waals surface area contributed by atoms with Gasteiger partial charge in [0.05, 0.1) is 12.2 Å². The molecule has 1 aromatic carbocycles. The maximum absolute atomic E-state index is 6.05. The van der Waals surface area contributed by atoms with Gasteiger partial charge in [-0.3, -0.25) is 0 Å². The minimum Gasteiger partial charge on any atom is -0.370 e. The smallest absolute Gasteiger partial charge is 0.0829 e. The molecule has 0 amide bonds. The molecule has 2 atom stereocenters. The van der Waals surface area contributed by atoms with Crippen LogP contribution in [0.1, 0.15) is 36.5 Å². The lowest BCUT2D eigenvalue weighted by Gasteiger charge is -2.29. The van der Waals surface area contributed by atoms with Gasteiger partial charge in [-0.1, -0.05) is 52.4 Å². The highest BCUT2D eigenvalue weighted by Gasteiger charge is 2.22. The number of hydrogen-bond donors (Lipinski definition) is 0. The quantitative estimate of drug-likeness (QED) is 0.591. The van der Waals surface area contributed by atoms with Gasteiger partial charge in [0, 0.05) is 4.43 Å². The lowest BCUT2D eigenvalue weighted by Crippen LogP contribution is -2.23. The van der Waals surface area contributed by atoms with E-state index in [1.54, 1.807) is 0 Å². The molecule has 0 spiro atoms. The second kappa shape index (κ2) is 5.30. The van der Waals surface area contributed by atoms with Gasteiger partial charge < -0.3 is 4.74 Å². The summed E-state index contributed by atoms with van der Waals surface area (Å²) >= 11 is 2.42. The van der Waals surface area contributed by atoms with E-state index in [9.17, 15) is 0 Å². The molecule has 0 radical (unpaired) electrons. The van der Waals surface area contributed by atoms with Crippen molar-refractivity contribution < 1.29 is 4.74 Å². The van der Waals surface area contributed by atoms with E-state index < -0.39 is 0 Å². The summed E-state index contributed by atoms with van der Waals surface area (Å²) in [5, 5.41) is 0. The van der Waals surface area contributed by atoms with Gasteiger partial charge in [0.15, 0.2) is 0 Å². The van der Waals surface area contributed by atoms with E-state index in [1.165, 1.54) is 30.4 Å². The monoisotopic (exact) mass is 316 g/mol. The Labute approximate surface area is 105 Å². The summed E-state index contributed by atoms with van der Waals surface area (Å²) in [5.41, 5.74) is 2.66. The summed E-state index contributed by atoms with van der Waals surface area (Å²) in [6.45, 7) is 2.12. The topological polar surface area (TPSA) is 9.23 Å². The highest BCUT2D eigenvalue weighted by atomic mass is 127. The third-order valence-electron chi connectivity index (χ3n) is 2.97. The molecule has 0 aliphatic carbocycles. The van der Waals surface area contributed by atoms with Crippen LogP contribution in [0.15, 0.2) is 24.3 Å². The third kappa shape index (κ3) is 2.94. The highest BCUT2D eigenvalue weighted by Crippen LogP contribution is 2.31. The molecule has 15 heavy (non-hydrogen) atoms. The molecule has 82 valence electrons. The average molecular weight is 316 g/mol. The first kappa shape index (κ1) is 11.4. The van der Waals surface area contributed by atoms with Crippen LogP contribution in [-0.2, 0) is 4.74 Å². The van der Waals surface area contributed by atoms with Crippen LogP contribution in [0.3, 0.4) is 0 Å². The van der Waals surface area contributed by atoms with Crippen LogP contribution in [-0.4, -0.2) is 10.5 Å². The van der Waals surface area contributed by atoms with E-state index in [-0.39, 0.29) is 0 Å². The normalized spacial score (nSPS) is 26.5. The predicted molar refractivity (Wildman–Crippen MR) is 71.5 cm³/mol. The molecule has 0 aromatic heterocycles. The van der Waals surface area contributed by atoms with Gasteiger partial charge in [-0.15, -0.1) is 0 Å². The van der Waals surface area contributed by atoms with Crippen LogP contribution >= 0.6 is 22.6 Å². The first-order valence-electron chi connectivity index (χ1n) is 5.57. The molecule has 1 fully saturated rings. The van der Waals surface area contributed by atoms with Gasteiger partial charge >= 0.3 is 0 Å². The van der Waals surface area contributed by atoms with Crippen molar-refractivity contribution in [3.8, 4) is 0 Å². The van der Waals surface area contributed by atoms with Crippen LogP contribution in [0.2, 0.25) is 0 Å². The SMILES string of the molecule is Cc1ccc([C@@H]2CCC[C@H](CI)O2)cc1. The highest BCUT2D eigenvalue weighted by molar-refractivity contribution is 14.1. The van der Waals surface area contributed by atoms with Gasteiger partial charge in [0.1, 0.15) is 0 Å². The van der Waals surface area contributed by atoms with Gasteiger partial charge in [-0.05, 0) is 31.7 Å². The Morgan fingerprint density at radius 3 is 2.67 bits per heavy atom. The van der Waals surface area contributed by atoms with Gasteiger partial charge in [0.25, 0.3) is 0 Å². The maximum atomic E-state index is 6.05. The molecule has 1 saturated heterocycles. The van der Waals surface area contributed by atoms with Crippen molar-refractivity contribution in [1.82, 2.24) is 0 Å². The largest absolute Gasteiger partial charge is 0.370 e. The second-order valence-electron chi connectivity index (χ2n) is 4.24. The lowest BCUT2D eigenvalue weighted by atomic mass is 9.98.